The molecule has 4 aliphatic rings. The van der Waals surface area contributed by atoms with Crippen molar-refractivity contribution < 1.29 is 29.3 Å². The molecule has 2 heterocycles. The third-order valence-corrected chi connectivity index (χ3v) is 6.38. The summed E-state index contributed by atoms with van der Waals surface area (Å²) in [6.45, 7) is 3.54. The van der Waals surface area contributed by atoms with E-state index in [1.54, 1.807) is 0 Å². The summed E-state index contributed by atoms with van der Waals surface area (Å²) in [4.78, 5) is 24.1. The predicted molar refractivity (Wildman–Crippen MR) is 73.4 cm³/mol. The van der Waals surface area contributed by atoms with Crippen LogP contribution in [0.3, 0.4) is 0 Å². The summed E-state index contributed by atoms with van der Waals surface area (Å²) >= 11 is 0. The van der Waals surface area contributed by atoms with Crippen LogP contribution in [-0.2, 0) is 19.1 Å². The SMILES string of the molecule is C[C@@]12CCC[C@]3(C)C4=CC(=O)OC[C@@]4(O)[C@H](O)[C@@H](OC1=O)[C@@H]23. The van der Waals surface area contributed by atoms with Crippen LogP contribution in [0.1, 0.15) is 33.1 Å². The number of aliphatic hydroxyl groups excluding tert-OH is 1. The van der Waals surface area contributed by atoms with Crippen molar-refractivity contribution in [2.45, 2.75) is 50.9 Å². The Balaban J connectivity index is 1.95. The van der Waals surface area contributed by atoms with Crippen LogP contribution in [0.4, 0.5) is 0 Å². The Hall–Kier alpha value is -1.40. The summed E-state index contributed by atoms with van der Waals surface area (Å²) in [5.41, 5.74) is -2.42. The summed E-state index contributed by atoms with van der Waals surface area (Å²) in [7, 11) is 0. The zero-order valence-corrected chi connectivity index (χ0v) is 12.7. The standard InChI is InChI=1S/C16H20O6/c1-14-4-3-5-15(2)11(14)10(22-13(15)19)12(18)16(20)7-21-9(17)6-8(14)16/h6,10-12,18,20H,3-5,7H2,1-2H3/t10-,11+,12+,14+,15-,16-/m0/s1. The van der Waals surface area contributed by atoms with Gasteiger partial charge in [-0.3, -0.25) is 4.79 Å². The fourth-order valence-corrected chi connectivity index (χ4v) is 5.39. The molecule has 6 heteroatoms. The van der Waals surface area contributed by atoms with Gasteiger partial charge in [-0.05, 0) is 30.8 Å². The Labute approximate surface area is 128 Å². The predicted octanol–water partition coefficient (Wildman–Crippen LogP) is 0.313. The number of fused-ring (bicyclic) bond motifs is 2. The van der Waals surface area contributed by atoms with Gasteiger partial charge in [0.1, 0.15) is 18.8 Å². The number of hydrogen-bond acceptors (Lipinski definition) is 6. The maximum Gasteiger partial charge on any atom is 0.330 e. The molecule has 2 aliphatic carbocycles. The Kier molecular flexibility index (Phi) is 2.53. The van der Waals surface area contributed by atoms with Crippen LogP contribution in [0.25, 0.3) is 0 Å². The minimum Gasteiger partial charge on any atom is -0.459 e. The van der Waals surface area contributed by atoms with Gasteiger partial charge in [0.25, 0.3) is 0 Å². The summed E-state index contributed by atoms with van der Waals surface area (Å²) in [6, 6.07) is 0. The van der Waals surface area contributed by atoms with E-state index >= 15 is 0 Å². The van der Waals surface area contributed by atoms with E-state index in [4.69, 9.17) is 9.47 Å². The number of esters is 2. The van der Waals surface area contributed by atoms with Gasteiger partial charge >= 0.3 is 11.9 Å². The van der Waals surface area contributed by atoms with Crippen molar-refractivity contribution >= 4 is 11.9 Å². The lowest BCUT2D eigenvalue weighted by atomic mass is 9.46. The molecule has 0 aromatic carbocycles. The second-order valence-electron chi connectivity index (χ2n) is 7.57. The number of ether oxygens (including phenoxy) is 2. The van der Waals surface area contributed by atoms with Gasteiger partial charge < -0.3 is 19.7 Å². The van der Waals surface area contributed by atoms with E-state index < -0.39 is 34.6 Å². The van der Waals surface area contributed by atoms with Gasteiger partial charge in [0.15, 0.2) is 5.60 Å². The minimum atomic E-state index is -1.67. The fraction of sp³-hybridized carbons (Fsp3) is 0.750. The van der Waals surface area contributed by atoms with E-state index in [-0.39, 0.29) is 18.5 Å². The van der Waals surface area contributed by atoms with E-state index in [1.165, 1.54) is 6.08 Å². The first-order valence-electron chi connectivity index (χ1n) is 7.74. The number of carbonyl (C=O) groups is 2. The molecule has 0 aromatic rings. The molecule has 0 radical (unpaired) electrons. The molecule has 0 spiro atoms. The van der Waals surface area contributed by atoms with Gasteiger partial charge in [0.2, 0.25) is 0 Å². The maximum absolute atomic E-state index is 12.4. The van der Waals surface area contributed by atoms with Crippen molar-refractivity contribution in [3.8, 4) is 0 Å². The smallest absolute Gasteiger partial charge is 0.330 e. The third kappa shape index (κ3) is 1.38. The van der Waals surface area contributed by atoms with E-state index in [0.29, 0.717) is 12.0 Å². The number of carbonyl (C=O) groups excluding carboxylic acids is 2. The Morgan fingerprint density at radius 2 is 1.91 bits per heavy atom. The Bertz CT molecular complexity index is 612. The molecular weight excluding hydrogens is 288 g/mol. The highest BCUT2D eigenvalue weighted by atomic mass is 16.6. The Morgan fingerprint density at radius 1 is 1.23 bits per heavy atom. The normalized spacial score (nSPS) is 53.1. The van der Waals surface area contributed by atoms with Gasteiger partial charge in [-0.15, -0.1) is 0 Å². The van der Waals surface area contributed by atoms with Crippen LogP contribution in [-0.4, -0.2) is 46.6 Å². The minimum absolute atomic E-state index is 0.242. The highest BCUT2D eigenvalue weighted by Crippen LogP contribution is 2.65. The van der Waals surface area contributed by atoms with Gasteiger partial charge in [-0.2, -0.15) is 0 Å². The third-order valence-electron chi connectivity index (χ3n) is 6.38. The highest BCUT2D eigenvalue weighted by molar-refractivity contribution is 5.86. The molecule has 22 heavy (non-hydrogen) atoms. The molecule has 6 atom stereocenters. The fourth-order valence-electron chi connectivity index (χ4n) is 5.39. The first-order valence-corrected chi connectivity index (χ1v) is 7.74. The summed E-state index contributed by atoms with van der Waals surface area (Å²) in [5, 5.41) is 21.6. The van der Waals surface area contributed by atoms with Crippen LogP contribution < -0.4 is 0 Å². The molecule has 1 saturated heterocycles. The lowest BCUT2D eigenvalue weighted by molar-refractivity contribution is -0.199. The average molecular weight is 308 g/mol. The summed E-state index contributed by atoms with van der Waals surface area (Å²) in [6.07, 6.45) is 1.51. The summed E-state index contributed by atoms with van der Waals surface area (Å²) < 4.78 is 10.4. The van der Waals surface area contributed by atoms with Crippen molar-refractivity contribution in [1.29, 1.82) is 0 Å². The van der Waals surface area contributed by atoms with E-state index in [1.807, 2.05) is 13.8 Å². The van der Waals surface area contributed by atoms with E-state index in [9.17, 15) is 19.8 Å². The lowest BCUT2D eigenvalue weighted by Crippen LogP contribution is -2.68. The molecule has 0 aromatic heterocycles. The first kappa shape index (κ1) is 14.2. The Morgan fingerprint density at radius 3 is 2.64 bits per heavy atom. The average Bonchev–Trinajstić information content (AvgIpc) is 2.73. The quantitative estimate of drug-likeness (QED) is 0.626. The van der Waals surface area contributed by atoms with Crippen molar-refractivity contribution in [3.05, 3.63) is 11.6 Å². The lowest BCUT2D eigenvalue weighted by Gasteiger charge is -2.58. The second kappa shape index (κ2) is 3.92. The largest absolute Gasteiger partial charge is 0.459 e. The molecule has 2 saturated carbocycles. The highest BCUT2D eigenvalue weighted by Gasteiger charge is 2.72. The van der Waals surface area contributed by atoms with Crippen molar-refractivity contribution in [2.24, 2.45) is 16.7 Å². The molecule has 4 rings (SSSR count). The molecule has 0 amide bonds. The number of hydrogen-bond donors (Lipinski definition) is 2. The van der Waals surface area contributed by atoms with Crippen molar-refractivity contribution in [1.82, 2.24) is 0 Å². The van der Waals surface area contributed by atoms with E-state index in [0.717, 1.165) is 12.8 Å². The van der Waals surface area contributed by atoms with Gasteiger partial charge in [-0.25, -0.2) is 4.79 Å². The molecular formula is C16H20O6. The first-order chi connectivity index (χ1) is 10.2. The topological polar surface area (TPSA) is 93.1 Å². The second-order valence-corrected chi connectivity index (χ2v) is 7.57. The van der Waals surface area contributed by atoms with Gasteiger partial charge in [0, 0.05) is 12.0 Å². The van der Waals surface area contributed by atoms with Crippen LogP contribution in [0.15, 0.2) is 11.6 Å². The van der Waals surface area contributed by atoms with Gasteiger partial charge in [0.05, 0.1) is 5.41 Å². The monoisotopic (exact) mass is 308 g/mol. The number of cyclic esters (lactones) is 1. The zero-order chi connectivity index (χ0) is 15.9. The van der Waals surface area contributed by atoms with Crippen molar-refractivity contribution in [3.63, 3.8) is 0 Å². The van der Waals surface area contributed by atoms with Crippen LogP contribution >= 0.6 is 0 Å². The molecule has 0 bridgehead atoms. The van der Waals surface area contributed by atoms with Crippen LogP contribution in [0, 0.1) is 16.7 Å². The molecule has 120 valence electrons. The maximum atomic E-state index is 12.4. The molecule has 0 unspecified atom stereocenters. The number of rotatable bonds is 0. The van der Waals surface area contributed by atoms with Crippen LogP contribution in [0.5, 0.6) is 0 Å². The zero-order valence-electron chi connectivity index (χ0n) is 12.7. The molecule has 6 nitrogen and oxygen atoms in total. The molecule has 2 aliphatic heterocycles. The van der Waals surface area contributed by atoms with Crippen LogP contribution in [0.2, 0.25) is 0 Å². The number of aliphatic hydroxyl groups is 2. The van der Waals surface area contributed by atoms with Crippen molar-refractivity contribution in [2.75, 3.05) is 6.61 Å². The molecule has 2 N–H and O–H groups in total. The van der Waals surface area contributed by atoms with E-state index in [2.05, 4.69) is 0 Å². The summed E-state index contributed by atoms with van der Waals surface area (Å²) in [5.74, 6) is -1.07. The molecule has 3 fully saturated rings. The van der Waals surface area contributed by atoms with Gasteiger partial charge in [-0.1, -0.05) is 13.3 Å².